The molecule has 5 nitrogen and oxygen atoms in total. The molecule has 1 aliphatic rings. The van der Waals surface area contributed by atoms with Crippen LogP contribution in [-0.2, 0) is 4.74 Å². The third-order valence-electron chi connectivity index (χ3n) is 1.98. The van der Waals surface area contributed by atoms with Crippen LogP contribution in [0.2, 0.25) is 0 Å². The number of amides is 1. The number of nitrogens with one attached hydrogen (secondary N) is 1. The molecule has 2 rings (SSSR count). The van der Waals surface area contributed by atoms with E-state index in [0.717, 1.165) is 0 Å². The Hall–Kier alpha value is -1.65. The van der Waals surface area contributed by atoms with Gasteiger partial charge >= 0.3 is 6.09 Å². The molecular formula is C10H15N3O2. The molecule has 1 atom stereocenters. The van der Waals surface area contributed by atoms with Crippen LogP contribution in [0.5, 0.6) is 0 Å². The molecule has 0 bridgehead atoms. The van der Waals surface area contributed by atoms with Gasteiger partial charge in [-0.3, -0.25) is 0 Å². The molecule has 2 heterocycles. The summed E-state index contributed by atoms with van der Waals surface area (Å²) in [5.74, 6) is 0.469. The number of alkyl carbamates (subject to hydrolysis) is 1. The minimum Gasteiger partial charge on any atom is -0.447 e. The molecule has 0 saturated carbocycles. The quantitative estimate of drug-likeness (QED) is 0.755. The van der Waals surface area contributed by atoms with Crippen LogP contribution in [0.3, 0.4) is 0 Å². The first kappa shape index (κ1) is 11.4. The number of cyclic esters (lactones) is 1. The Morgan fingerprint density at radius 2 is 2.13 bits per heavy atom. The van der Waals surface area contributed by atoms with Gasteiger partial charge in [-0.05, 0) is 12.0 Å². The number of ether oxygens (including phenoxy) is 1. The number of carbonyl (C=O) groups is 1. The first-order valence-electron chi connectivity index (χ1n) is 4.83. The first-order valence-corrected chi connectivity index (χ1v) is 4.83. The zero-order valence-corrected chi connectivity index (χ0v) is 8.88. The van der Waals surface area contributed by atoms with E-state index in [9.17, 15) is 4.79 Å². The smallest absolute Gasteiger partial charge is 0.407 e. The van der Waals surface area contributed by atoms with Gasteiger partial charge in [0.1, 0.15) is 12.9 Å². The fourth-order valence-electron chi connectivity index (χ4n) is 1.01. The van der Waals surface area contributed by atoms with Crippen molar-refractivity contribution in [2.45, 2.75) is 19.9 Å². The number of hydrogen-bond donors (Lipinski definition) is 1. The summed E-state index contributed by atoms with van der Waals surface area (Å²) in [4.78, 5) is 17.8. The third kappa shape index (κ3) is 4.39. The predicted octanol–water partition coefficient (Wildman–Crippen LogP) is 1.23. The van der Waals surface area contributed by atoms with Crippen LogP contribution in [0.1, 0.15) is 13.8 Å². The normalized spacial score (nSPS) is 18.9. The fraction of sp³-hybridized carbons (Fsp3) is 0.500. The van der Waals surface area contributed by atoms with Gasteiger partial charge in [0.25, 0.3) is 0 Å². The molecular weight excluding hydrogens is 194 g/mol. The van der Waals surface area contributed by atoms with Gasteiger partial charge in [0.15, 0.2) is 0 Å². The maximum absolute atomic E-state index is 10.4. The second-order valence-electron chi connectivity index (χ2n) is 3.50. The Kier molecular flexibility index (Phi) is 4.53. The monoisotopic (exact) mass is 209 g/mol. The van der Waals surface area contributed by atoms with E-state index in [0.29, 0.717) is 12.5 Å². The Labute approximate surface area is 88.9 Å². The number of aromatic nitrogens is 2. The van der Waals surface area contributed by atoms with E-state index >= 15 is 0 Å². The summed E-state index contributed by atoms with van der Waals surface area (Å²) in [6, 6.07) is 2.00. The lowest BCUT2D eigenvalue weighted by Gasteiger charge is -2.09. The molecule has 1 aromatic heterocycles. The van der Waals surface area contributed by atoms with Gasteiger partial charge in [-0.2, -0.15) is 0 Å². The van der Waals surface area contributed by atoms with Gasteiger partial charge in [0, 0.05) is 12.4 Å². The molecule has 5 heteroatoms. The zero-order valence-electron chi connectivity index (χ0n) is 8.88. The second-order valence-corrected chi connectivity index (χ2v) is 3.50. The Morgan fingerprint density at radius 3 is 2.33 bits per heavy atom. The summed E-state index contributed by atoms with van der Waals surface area (Å²) in [6.45, 7) is 4.63. The summed E-state index contributed by atoms with van der Waals surface area (Å²) >= 11 is 0. The van der Waals surface area contributed by atoms with Gasteiger partial charge < -0.3 is 10.1 Å². The molecule has 0 spiro atoms. The van der Waals surface area contributed by atoms with Gasteiger partial charge in [0.2, 0.25) is 0 Å². The molecule has 0 radical (unpaired) electrons. The maximum Gasteiger partial charge on any atom is 0.407 e. The van der Waals surface area contributed by atoms with Crippen LogP contribution in [0.4, 0.5) is 4.79 Å². The highest BCUT2D eigenvalue weighted by Gasteiger charge is 2.24. The summed E-state index contributed by atoms with van der Waals surface area (Å²) in [6.07, 6.45) is 4.59. The average Bonchev–Trinajstić information content (AvgIpc) is 2.69. The summed E-state index contributed by atoms with van der Waals surface area (Å²) < 4.78 is 4.68. The highest BCUT2D eigenvalue weighted by molar-refractivity contribution is 5.69. The van der Waals surface area contributed by atoms with E-state index in [2.05, 4.69) is 33.9 Å². The summed E-state index contributed by atoms with van der Waals surface area (Å²) in [5, 5.41) is 2.69. The Bertz CT molecular complexity index is 263. The van der Waals surface area contributed by atoms with Crippen LogP contribution < -0.4 is 5.32 Å². The zero-order chi connectivity index (χ0) is 11.1. The van der Waals surface area contributed by atoms with E-state index in [4.69, 9.17) is 0 Å². The van der Waals surface area contributed by atoms with Gasteiger partial charge in [-0.25, -0.2) is 14.8 Å². The van der Waals surface area contributed by atoms with Crippen LogP contribution in [0.15, 0.2) is 24.8 Å². The molecule has 1 aliphatic heterocycles. The van der Waals surface area contributed by atoms with Crippen molar-refractivity contribution >= 4 is 6.09 Å². The lowest BCUT2D eigenvalue weighted by molar-refractivity contribution is 0.175. The second kappa shape index (κ2) is 5.95. The van der Waals surface area contributed by atoms with Crippen molar-refractivity contribution < 1.29 is 9.53 Å². The minimum absolute atomic E-state index is 0.220. The molecule has 1 amide bonds. The van der Waals surface area contributed by atoms with Crippen molar-refractivity contribution in [3.63, 3.8) is 0 Å². The van der Waals surface area contributed by atoms with Gasteiger partial charge in [-0.1, -0.05) is 13.8 Å². The van der Waals surface area contributed by atoms with Crippen LogP contribution >= 0.6 is 0 Å². The third-order valence-corrected chi connectivity index (χ3v) is 1.98. The highest BCUT2D eigenvalue weighted by Crippen LogP contribution is 2.07. The summed E-state index contributed by atoms with van der Waals surface area (Å²) in [5.41, 5.74) is 0. The molecule has 0 aliphatic carbocycles. The van der Waals surface area contributed by atoms with E-state index in [1.54, 1.807) is 18.5 Å². The number of rotatable bonds is 1. The van der Waals surface area contributed by atoms with E-state index in [-0.39, 0.29) is 12.1 Å². The van der Waals surface area contributed by atoms with Crippen molar-refractivity contribution in [2.75, 3.05) is 6.61 Å². The molecule has 1 unspecified atom stereocenters. The van der Waals surface area contributed by atoms with Crippen molar-refractivity contribution in [1.82, 2.24) is 15.3 Å². The van der Waals surface area contributed by atoms with Crippen molar-refractivity contribution in [2.24, 2.45) is 5.92 Å². The lowest BCUT2D eigenvalue weighted by atomic mass is 10.1. The molecule has 1 saturated heterocycles. The van der Waals surface area contributed by atoms with Crippen molar-refractivity contribution in [3.05, 3.63) is 24.8 Å². The van der Waals surface area contributed by atoms with Crippen LogP contribution in [0, 0.1) is 5.92 Å². The molecule has 82 valence electrons. The SMILES string of the molecule is CC(C)C1COC(=O)N1.c1cncnc1. The average molecular weight is 209 g/mol. The molecule has 1 aromatic rings. The number of carbonyl (C=O) groups excluding carboxylic acids is 1. The molecule has 1 fully saturated rings. The van der Waals surface area contributed by atoms with E-state index in [1.807, 2.05) is 0 Å². The Balaban J connectivity index is 0.000000162. The Morgan fingerprint density at radius 1 is 1.47 bits per heavy atom. The number of nitrogens with zero attached hydrogens (tertiary/aromatic N) is 2. The van der Waals surface area contributed by atoms with Gasteiger partial charge in [0.05, 0.1) is 6.04 Å². The van der Waals surface area contributed by atoms with Crippen LogP contribution in [0.25, 0.3) is 0 Å². The number of hydrogen-bond acceptors (Lipinski definition) is 4. The highest BCUT2D eigenvalue weighted by atomic mass is 16.6. The minimum atomic E-state index is -0.284. The fourth-order valence-corrected chi connectivity index (χ4v) is 1.01. The van der Waals surface area contributed by atoms with E-state index < -0.39 is 0 Å². The predicted molar refractivity (Wildman–Crippen MR) is 55.1 cm³/mol. The largest absolute Gasteiger partial charge is 0.447 e. The summed E-state index contributed by atoms with van der Waals surface area (Å²) in [7, 11) is 0. The topological polar surface area (TPSA) is 64.1 Å². The van der Waals surface area contributed by atoms with Crippen molar-refractivity contribution in [1.29, 1.82) is 0 Å². The first-order chi connectivity index (χ1) is 7.20. The molecule has 0 aromatic carbocycles. The standard InChI is InChI=1S/C6H11NO2.C4H4N2/c1-4(2)5-3-9-6(8)7-5;1-2-5-4-6-3-1/h4-5H,3H2,1-2H3,(H,7,8);1-4H. The lowest BCUT2D eigenvalue weighted by Crippen LogP contribution is -2.30. The van der Waals surface area contributed by atoms with Crippen LogP contribution in [-0.4, -0.2) is 28.7 Å². The maximum atomic E-state index is 10.4. The molecule has 1 N–H and O–H groups in total. The molecule has 15 heavy (non-hydrogen) atoms. The van der Waals surface area contributed by atoms with E-state index in [1.165, 1.54) is 6.33 Å². The van der Waals surface area contributed by atoms with Crippen molar-refractivity contribution in [3.8, 4) is 0 Å². The van der Waals surface area contributed by atoms with Gasteiger partial charge in [-0.15, -0.1) is 0 Å².